The standard InChI is InChI=1S/C12H17N5O2/c1-19-12-11(4-2-5-13-12)14-8-10-9-17(16-15-10)6-3-7-18/h2,4-5,9,14,18H,3,6-8H2,1H3. The molecule has 2 N–H and O–H groups in total. The monoisotopic (exact) mass is 263 g/mol. The zero-order valence-corrected chi connectivity index (χ0v) is 10.8. The van der Waals surface area contributed by atoms with Crippen LogP contribution in [0.15, 0.2) is 24.5 Å². The molecule has 0 atom stereocenters. The second-order valence-corrected chi connectivity index (χ2v) is 3.96. The van der Waals surface area contributed by atoms with Crippen LogP contribution in [-0.4, -0.2) is 38.8 Å². The number of methoxy groups -OCH3 is 1. The maximum absolute atomic E-state index is 8.75. The quantitative estimate of drug-likeness (QED) is 0.764. The molecule has 7 nitrogen and oxygen atoms in total. The van der Waals surface area contributed by atoms with E-state index in [1.165, 1.54) is 0 Å². The van der Waals surface area contributed by atoms with Gasteiger partial charge in [0.2, 0.25) is 5.88 Å². The molecule has 0 amide bonds. The number of nitrogens with zero attached hydrogens (tertiary/aromatic N) is 4. The summed E-state index contributed by atoms with van der Waals surface area (Å²) in [5.74, 6) is 0.551. The summed E-state index contributed by atoms with van der Waals surface area (Å²) in [7, 11) is 1.58. The van der Waals surface area contributed by atoms with Gasteiger partial charge in [-0.2, -0.15) is 0 Å². The smallest absolute Gasteiger partial charge is 0.237 e. The van der Waals surface area contributed by atoms with Gasteiger partial charge in [-0.05, 0) is 18.6 Å². The van der Waals surface area contributed by atoms with Gasteiger partial charge in [-0.15, -0.1) is 5.10 Å². The van der Waals surface area contributed by atoms with Crippen molar-refractivity contribution < 1.29 is 9.84 Å². The van der Waals surface area contributed by atoms with Crippen molar-refractivity contribution in [3.8, 4) is 5.88 Å². The summed E-state index contributed by atoms with van der Waals surface area (Å²) >= 11 is 0. The lowest BCUT2D eigenvalue weighted by Gasteiger charge is -2.07. The van der Waals surface area contributed by atoms with E-state index < -0.39 is 0 Å². The molecule has 0 bridgehead atoms. The van der Waals surface area contributed by atoms with Crippen molar-refractivity contribution in [1.29, 1.82) is 0 Å². The van der Waals surface area contributed by atoms with Crippen molar-refractivity contribution in [1.82, 2.24) is 20.0 Å². The molecule has 2 rings (SSSR count). The zero-order chi connectivity index (χ0) is 13.5. The molecule has 0 unspecified atom stereocenters. The summed E-state index contributed by atoms with van der Waals surface area (Å²) in [4.78, 5) is 4.10. The highest BCUT2D eigenvalue weighted by atomic mass is 16.5. The highest BCUT2D eigenvalue weighted by Crippen LogP contribution is 2.20. The molecule has 19 heavy (non-hydrogen) atoms. The van der Waals surface area contributed by atoms with E-state index in [-0.39, 0.29) is 6.61 Å². The summed E-state index contributed by atoms with van der Waals surface area (Å²) in [5, 5.41) is 20.0. The molecule has 0 aromatic carbocycles. The first-order valence-electron chi connectivity index (χ1n) is 6.06. The van der Waals surface area contributed by atoms with Crippen LogP contribution in [-0.2, 0) is 13.1 Å². The molecular formula is C12H17N5O2. The molecule has 7 heteroatoms. The average molecular weight is 263 g/mol. The Balaban J connectivity index is 1.93. The van der Waals surface area contributed by atoms with Gasteiger partial charge >= 0.3 is 0 Å². The predicted octanol–water partition coefficient (Wildman–Crippen LogP) is 0.676. The van der Waals surface area contributed by atoms with Gasteiger partial charge in [0.25, 0.3) is 0 Å². The zero-order valence-electron chi connectivity index (χ0n) is 10.8. The molecule has 0 spiro atoms. The third kappa shape index (κ3) is 3.65. The van der Waals surface area contributed by atoms with Crippen LogP contribution in [0.25, 0.3) is 0 Å². The number of nitrogens with one attached hydrogen (secondary N) is 1. The normalized spacial score (nSPS) is 10.4. The van der Waals surface area contributed by atoms with Crippen molar-refractivity contribution in [3.05, 3.63) is 30.2 Å². The molecule has 0 radical (unpaired) electrons. The summed E-state index contributed by atoms with van der Waals surface area (Å²) < 4.78 is 6.87. The molecule has 102 valence electrons. The largest absolute Gasteiger partial charge is 0.480 e. The Morgan fingerprint density at radius 2 is 2.37 bits per heavy atom. The topological polar surface area (TPSA) is 85.1 Å². The lowest BCUT2D eigenvalue weighted by Crippen LogP contribution is -2.02. The van der Waals surface area contributed by atoms with Crippen LogP contribution in [0.3, 0.4) is 0 Å². The average Bonchev–Trinajstić information content (AvgIpc) is 2.91. The summed E-state index contributed by atoms with van der Waals surface area (Å²) in [6.07, 6.45) is 4.20. The second-order valence-electron chi connectivity index (χ2n) is 3.96. The Morgan fingerprint density at radius 3 is 3.16 bits per heavy atom. The maximum atomic E-state index is 8.75. The van der Waals surface area contributed by atoms with Gasteiger partial charge in [-0.3, -0.25) is 4.68 Å². The van der Waals surface area contributed by atoms with E-state index in [2.05, 4.69) is 20.6 Å². The minimum atomic E-state index is 0.153. The Labute approximate surface area is 111 Å². The van der Waals surface area contributed by atoms with Crippen molar-refractivity contribution in [2.75, 3.05) is 19.0 Å². The SMILES string of the molecule is COc1ncccc1NCc1cn(CCCO)nn1. The van der Waals surface area contributed by atoms with Crippen LogP contribution in [0, 0.1) is 0 Å². The molecule has 2 aromatic rings. The minimum Gasteiger partial charge on any atom is -0.480 e. The van der Waals surface area contributed by atoms with Crippen molar-refractivity contribution in [2.45, 2.75) is 19.5 Å². The van der Waals surface area contributed by atoms with Gasteiger partial charge in [0.1, 0.15) is 5.69 Å². The maximum Gasteiger partial charge on any atom is 0.237 e. The number of ether oxygens (including phenoxy) is 1. The van der Waals surface area contributed by atoms with E-state index in [4.69, 9.17) is 9.84 Å². The molecule has 0 saturated carbocycles. The third-order valence-electron chi connectivity index (χ3n) is 2.56. The molecule has 2 aromatic heterocycles. The third-order valence-corrected chi connectivity index (χ3v) is 2.56. The number of aliphatic hydroxyl groups is 1. The fraction of sp³-hybridized carbons (Fsp3) is 0.417. The van der Waals surface area contributed by atoms with E-state index in [0.29, 0.717) is 25.4 Å². The first-order valence-corrected chi connectivity index (χ1v) is 6.06. The number of aryl methyl sites for hydroxylation is 1. The van der Waals surface area contributed by atoms with E-state index >= 15 is 0 Å². The molecule has 0 aliphatic carbocycles. The fourth-order valence-corrected chi connectivity index (χ4v) is 1.64. The molecule has 2 heterocycles. The van der Waals surface area contributed by atoms with Crippen LogP contribution >= 0.6 is 0 Å². The van der Waals surface area contributed by atoms with Crippen LogP contribution in [0.4, 0.5) is 5.69 Å². The number of aliphatic hydroxyl groups excluding tert-OH is 1. The lowest BCUT2D eigenvalue weighted by atomic mass is 10.3. The van der Waals surface area contributed by atoms with Crippen molar-refractivity contribution >= 4 is 5.69 Å². The van der Waals surface area contributed by atoms with Gasteiger partial charge in [0.15, 0.2) is 0 Å². The number of hydrogen-bond donors (Lipinski definition) is 2. The van der Waals surface area contributed by atoms with E-state index in [0.717, 1.165) is 11.4 Å². The first-order chi connectivity index (χ1) is 9.33. The number of aromatic nitrogens is 4. The second kappa shape index (κ2) is 6.69. The summed E-state index contributed by atoms with van der Waals surface area (Å²) in [6.45, 7) is 1.36. The Bertz CT molecular complexity index is 514. The van der Waals surface area contributed by atoms with Crippen LogP contribution in [0.1, 0.15) is 12.1 Å². The van der Waals surface area contributed by atoms with Gasteiger partial charge in [-0.25, -0.2) is 4.98 Å². The van der Waals surface area contributed by atoms with Crippen LogP contribution in [0.2, 0.25) is 0 Å². The highest BCUT2D eigenvalue weighted by molar-refractivity contribution is 5.51. The Kier molecular flexibility index (Phi) is 4.68. The molecule has 0 aliphatic rings. The molecule has 0 aliphatic heterocycles. The molecule has 0 fully saturated rings. The Hall–Kier alpha value is -2.15. The first kappa shape index (κ1) is 13.3. The molecule has 0 saturated heterocycles. The minimum absolute atomic E-state index is 0.153. The van der Waals surface area contributed by atoms with Gasteiger partial charge in [0, 0.05) is 19.3 Å². The summed E-state index contributed by atoms with van der Waals surface area (Å²) in [5.41, 5.74) is 1.64. The van der Waals surface area contributed by atoms with Gasteiger partial charge in [0.05, 0.1) is 25.5 Å². The van der Waals surface area contributed by atoms with E-state index in [1.807, 2.05) is 18.3 Å². The number of pyridine rings is 1. The van der Waals surface area contributed by atoms with Crippen molar-refractivity contribution in [3.63, 3.8) is 0 Å². The number of hydrogen-bond acceptors (Lipinski definition) is 6. The number of anilines is 1. The van der Waals surface area contributed by atoms with E-state index in [1.54, 1.807) is 18.0 Å². The van der Waals surface area contributed by atoms with Crippen LogP contribution < -0.4 is 10.1 Å². The van der Waals surface area contributed by atoms with Crippen LogP contribution in [0.5, 0.6) is 5.88 Å². The highest BCUT2D eigenvalue weighted by Gasteiger charge is 2.04. The van der Waals surface area contributed by atoms with Gasteiger partial charge in [-0.1, -0.05) is 5.21 Å². The van der Waals surface area contributed by atoms with Crippen molar-refractivity contribution in [2.24, 2.45) is 0 Å². The Morgan fingerprint density at radius 1 is 1.47 bits per heavy atom. The van der Waals surface area contributed by atoms with Gasteiger partial charge < -0.3 is 15.2 Å². The molecular weight excluding hydrogens is 246 g/mol. The van der Waals surface area contributed by atoms with E-state index in [9.17, 15) is 0 Å². The lowest BCUT2D eigenvalue weighted by molar-refractivity contribution is 0.276. The predicted molar refractivity (Wildman–Crippen MR) is 69.8 cm³/mol. The summed E-state index contributed by atoms with van der Waals surface area (Å²) in [6, 6.07) is 3.73. The number of rotatable bonds is 7. The fourth-order valence-electron chi connectivity index (χ4n) is 1.64.